The van der Waals surface area contributed by atoms with Gasteiger partial charge >= 0.3 is 0 Å². The number of aryl methyl sites for hydroxylation is 1. The smallest absolute Gasteiger partial charge is 0.128 e. The van der Waals surface area contributed by atoms with Crippen molar-refractivity contribution in [1.82, 2.24) is 15.0 Å². The zero-order chi connectivity index (χ0) is 21.1. The van der Waals surface area contributed by atoms with Gasteiger partial charge in [-0.05, 0) is 60.5 Å². The SMILES string of the molecule is Cc1c(CN(C)c2ccccn2)ccc2[nH]c(CNc3ccc(C(=N)N)cc3)nc12.Cl.Cl. The van der Waals surface area contributed by atoms with Crippen LogP contribution in [0.5, 0.6) is 0 Å². The van der Waals surface area contributed by atoms with Crippen molar-refractivity contribution in [2.45, 2.75) is 20.0 Å². The molecule has 0 aliphatic carbocycles. The van der Waals surface area contributed by atoms with Gasteiger partial charge in [0.2, 0.25) is 0 Å². The lowest BCUT2D eigenvalue weighted by Crippen LogP contribution is -2.18. The van der Waals surface area contributed by atoms with E-state index in [2.05, 4.69) is 39.2 Å². The number of nitrogens with zero attached hydrogens (tertiary/aromatic N) is 3. The van der Waals surface area contributed by atoms with E-state index >= 15 is 0 Å². The average molecular weight is 472 g/mol. The quantitative estimate of drug-likeness (QED) is 0.232. The Morgan fingerprint density at radius 2 is 1.84 bits per heavy atom. The van der Waals surface area contributed by atoms with Gasteiger partial charge in [-0.1, -0.05) is 12.1 Å². The van der Waals surface area contributed by atoms with Crippen molar-refractivity contribution in [3.63, 3.8) is 0 Å². The molecule has 32 heavy (non-hydrogen) atoms. The highest BCUT2D eigenvalue weighted by Crippen LogP contribution is 2.23. The maximum Gasteiger partial charge on any atom is 0.128 e. The molecule has 0 radical (unpaired) electrons. The summed E-state index contributed by atoms with van der Waals surface area (Å²) in [5.41, 5.74) is 11.6. The van der Waals surface area contributed by atoms with E-state index in [0.717, 1.165) is 34.9 Å². The summed E-state index contributed by atoms with van der Waals surface area (Å²) >= 11 is 0. The maximum atomic E-state index is 7.47. The molecule has 0 unspecified atom stereocenters. The summed E-state index contributed by atoms with van der Waals surface area (Å²) in [5, 5.41) is 10.8. The molecule has 4 aromatic rings. The molecule has 0 atom stereocenters. The molecule has 0 fully saturated rings. The van der Waals surface area contributed by atoms with Crippen molar-refractivity contribution < 1.29 is 0 Å². The molecule has 2 aromatic carbocycles. The molecule has 2 aromatic heterocycles. The number of aromatic amines is 1. The molecular formula is C23H27Cl2N7. The van der Waals surface area contributed by atoms with E-state index in [1.165, 1.54) is 11.1 Å². The van der Waals surface area contributed by atoms with Crippen molar-refractivity contribution in [2.75, 3.05) is 17.3 Å². The molecule has 2 heterocycles. The molecule has 0 aliphatic heterocycles. The first kappa shape index (κ1) is 25.0. The Bertz CT molecular complexity index is 1170. The number of hydrogen-bond donors (Lipinski definition) is 4. The van der Waals surface area contributed by atoms with Gasteiger partial charge in [0.1, 0.15) is 17.5 Å². The van der Waals surface area contributed by atoms with Gasteiger partial charge in [-0.15, -0.1) is 24.8 Å². The van der Waals surface area contributed by atoms with E-state index in [1.807, 2.05) is 55.7 Å². The van der Waals surface area contributed by atoms with Gasteiger partial charge in [0.25, 0.3) is 0 Å². The number of amidine groups is 1. The molecule has 9 heteroatoms. The van der Waals surface area contributed by atoms with Crippen LogP contribution in [-0.4, -0.2) is 27.8 Å². The molecule has 0 spiro atoms. The number of fused-ring (bicyclic) bond motifs is 1. The second kappa shape index (κ2) is 10.8. The second-order valence-electron chi connectivity index (χ2n) is 7.32. The van der Waals surface area contributed by atoms with E-state index in [9.17, 15) is 0 Å². The largest absolute Gasteiger partial charge is 0.384 e. The summed E-state index contributed by atoms with van der Waals surface area (Å²) in [6.07, 6.45) is 1.81. The van der Waals surface area contributed by atoms with Crippen LogP contribution in [-0.2, 0) is 13.1 Å². The van der Waals surface area contributed by atoms with Gasteiger partial charge < -0.3 is 20.9 Å². The minimum absolute atomic E-state index is 0. The van der Waals surface area contributed by atoms with Gasteiger partial charge in [0.05, 0.1) is 17.6 Å². The monoisotopic (exact) mass is 471 g/mol. The first-order valence-corrected chi connectivity index (χ1v) is 9.79. The van der Waals surface area contributed by atoms with Gasteiger partial charge in [-0.3, -0.25) is 5.41 Å². The van der Waals surface area contributed by atoms with Gasteiger partial charge in [0.15, 0.2) is 0 Å². The van der Waals surface area contributed by atoms with Crippen molar-refractivity contribution in [2.24, 2.45) is 5.73 Å². The number of benzene rings is 2. The summed E-state index contributed by atoms with van der Waals surface area (Å²) in [7, 11) is 2.04. The zero-order valence-electron chi connectivity index (χ0n) is 17.9. The molecule has 0 saturated heterocycles. The van der Waals surface area contributed by atoms with Crippen molar-refractivity contribution in [3.05, 3.63) is 83.3 Å². The number of nitrogen functional groups attached to an aromatic ring is 1. The minimum atomic E-state index is 0. The lowest BCUT2D eigenvalue weighted by atomic mass is 10.1. The zero-order valence-corrected chi connectivity index (χ0v) is 19.6. The van der Waals surface area contributed by atoms with E-state index in [1.54, 1.807) is 0 Å². The number of H-pyrrole nitrogens is 1. The lowest BCUT2D eigenvalue weighted by Gasteiger charge is -2.19. The minimum Gasteiger partial charge on any atom is -0.384 e. The summed E-state index contributed by atoms with van der Waals surface area (Å²) in [6.45, 7) is 3.46. The van der Waals surface area contributed by atoms with Crippen molar-refractivity contribution in [1.29, 1.82) is 5.41 Å². The van der Waals surface area contributed by atoms with E-state index in [0.29, 0.717) is 12.1 Å². The van der Waals surface area contributed by atoms with Gasteiger partial charge in [-0.25, -0.2) is 9.97 Å². The summed E-state index contributed by atoms with van der Waals surface area (Å²) in [6, 6.07) is 17.6. The van der Waals surface area contributed by atoms with Crippen LogP contribution in [0.15, 0.2) is 60.8 Å². The van der Waals surface area contributed by atoms with Gasteiger partial charge in [0, 0.05) is 31.0 Å². The lowest BCUT2D eigenvalue weighted by molar-refractivity contribution is 0.892. The number of halogens is 2. The van der Waals surface area contributed by atoms with Crippen molar-refractivity contribution >= 4 is 53.2 Å². The standard InChI is InChI=1S/C23H25N7.2ClH/c1-15-17(14-30(2)21-5-3-4-12-26-21)8-11-19-22(15)29-20(28-19)13-27-18-9-6-16(7-10-18)23(24)25;;/h3-12,27H,13-14H2,1-2H3,(H3,24,25)(H,28,29);2*1H. The molecule has 0 amide bonds. The van der Waals surface area contributed by atoms with Crippen LogP contribution in [0.4, 0.5) is 11.5 Å². The summed E-state index contributed by atoms with van der Waals surface area (Å²) < 4.78 is 0. The third kappa shape index (κ3) is 5.49. The van der Waals surface area contributed by atoms with Crippen LogP contribution in [0.3, 0.4) is 0 Å². The number of nitrogens with one attached hydrogen (secondary N) is 3. The second-order valence-corrected chi connectivity index (χ2v) is 7.32. The Kier molecular flexibility index (Phi) is 8.46. The third-order valence-electron chi connectivity index (χ3n) is 5.17. The third-order valence-corrected chi connectivity index (χ3v) is 5.17. The van der Waals surface area contributed by atoms with E-state index in [-0.39, 0.29) is 30.6 Å². The van der Waals surface area contributed by atoms with Crippen LogP contribution in [0.1, 0.15) is 22.5 Å². The normalized spacial score (nSPS) is 10.2. The summed E-state index contributed by atoms with van der Waals surface area (Å²) in [4.78, 5) is 14.8. The Morgan fingerprint density at radius 3 is 2.50 bits per heavy atom. The van der Waals surface area contributed by atoms with E-state index < -0.39 is 0 Å². The molecular weight excluding hydrogens is 445 g/mol. The number of nitrogens with two attached hydrogens (primary N) is 1. The number of pyridine rings is 1. The Morgan fingerprint density at radius 1 is 1.09 bits per heavy atom. The highest BCUT2D eigenvalue weighted by atomic mass is 35.5. The Labute approximate surface area is 199 Å². The number of anilines is 2. The highest BCUT2D eigenvalue weighted by molar-refractivity contribution is 5.95. The number of imidazole rings is 1. The van der Waals surface area contributed by atoms with Crippen LogP contribution in [0.25, 0.3) is 11.0 Å². The molecule has 0 saturated carbocycles. The Balaban J connectivity index is 0.00000181. The fourth-order valence-corrected chi connectivity index (χ4v) is 3.43. The maximum absolute atomic E-state index is 7.47. The predicted molar refractivity (Wildman–Crippen MR) is 136 cm³/mol. The number of rotatable bonds is 7. The number of hydrogen-bond acceptors (Lipinski definition) is 5. The average Bonchev–Trinajstić information content (AvgIpc) is 3.19. The fourth-order valence-electron chi connectivity index (χ4n) is 3.43. The van der Waals surface area contributed by atoms with E-state index in [4.69, 9.17) is 16.1 Å². The molecule has 7 nitrogen and oxygen atoms in total. The first-order valence-electron chi connectivity index (χ1n) is 9.79. The first-order chi connectivity index (χ1) is 14.5. The predicted octanol–water partition coefficient (Wildman–Crippen LogP) is 4.64. The van der Waals surface area contributed by atoms with Crippen molar-refractivity contribution in [3.8, 4) is 0 Å². The van der Waals surface area contributed by atoms with Crippen LogP contribution in [0, 0.1) is 12.3 Å². The van der Waals surface area contributed by atoms with Crippen LogP contribution < -0.4 is 16.0 Å². The molecule has 0 aliphatic rings. The Hall–Kier alpha value is -3.29. The highest BCUT2D eigenvalue weighted by Gasteiger charge is 2.11. The molecule has 168 valence electrons. The summed E-state index contributed by atoms with van der Waals surface area (Å²) in [5.74, 6) is 1.89. The van der Waals surface area contributed by atoms with Crippen LogP contribution >= 0.6 is 24.8 Å². The molecule has 4 rings (SSSR count). The molecule has 0 bridgehead atoms. The topological polar surface area (TPSA) is 107 Å². The number of aromatic nitrogens is 3. The van der Waals surface area contributed by atoms with Crippen LogP contribution in [0.2, 0.25) is 0 Å². The fraction of sp³-hybridized carbons (Fsp3) is 0.174. The molecule has 5 N–H and O–H groups in total. The van der Waals surface area contributed by atoms with Gasteiger partial charge in [-0.2, -0.15) is 0 Å².